The number of methoxy groups -OCH3 is 1. The number of nitrogens with one attached hydrogen (secondary N) is 3. The number of carbonyl (C=O) groups is 2. The molecule has 2 heterocycles. The van der Waals surface area contributed by atoms with Crippen LogP contribution in [0.5, 0.6) is 5.75 Å². The monoisotopic (exact) mass is 559 g/mol. The van der Waals surface area contributed by atoms with Crippen LogP contribution in [0.3, 0.4) is 0 Å². The van der Waals surface area contributed by atoms with Crippen molar-refractivity contribution in [3.63, 3.8) is 0 Å². The summed E-state index contributed by atoms with van der Waals surface area (Å²) >= 11 is 0. The van der Waals surface area contributed by atoms with Gasteiger partial charge < -0.3 is 25.1 Å². The lowest BCUT2D eigenvalue weighted by molar-refractivity contribution is -0.125. The van der Waals surface area contributed by atoms with E-state index in [1.54, 1.807) is 6.92 Å². The quantitative estimate of drug-likeness (QED) is 0.339. The fraction of sp³-hybridized carbons (Fsp3) is 0.500. The number of fused-ring (bicyclic) bond motifs is 1. The molecule has 0 unspecified atom stereocenters. The van der Waals surface area contributed by atoms with Crippen LogP contribution in [0.25, 0.3) is 22.3 Å². The number of aromatic nitrogens is 3. The number of aryl methyl sites for hydroxylation is 1. The maximum absolute atomic E-state index is 15.0. The number of amides is 2. The first-order chi connectivity index (χ1) is 19.2. The number of hydrogen-bond acceptors (Lipinski definition) is 6. The highest BCUT2D eigenvalue weighted by Gasteiger charge is 2.34. The minimum Gasteiger partial charge on any atom is -0.493 e. The Morgan fingerprint density at radius 1 is 1.15 bits per heavy atom. The summed E-state index contributed by atoms with van der Waals surface area (Å²) < 4.78 is 53.0. The molecule has 3 aromatic rings. The molecule has 1 aromatic carbocycles. The van der Waals surface area contributed by atoms with Gasteiger partial charge in [0.15, 0.2) is 0 Å². The van der Waals surface area contributed by atoms with Gasteiger partial charge in [-0.3, -0.25) is 9.59 Å². The summed E-state index contributed by atoms with van der Waals surface area (Å²) in [5, 5.41) is 5.53. The molecule has 2 amide bonds. The highest BCUT2D eigenvalue weighted by molar-refractivity contribution is 6.09. The van der Waals surface area contributed by atoms with E-state index in [1.165, 1.54) is 31.6 Å². The van der Waals surface area contributed by atoms with E-state index in [1.807, 2.05) is 0 Å². The average Bonchev–Trinajstić information content (AvgIpc) is 3.68. The van der Waals surface area contributed by atoms with E-state index in [2.05, 4.69) is 25.6 Å². The van der Waals surface area contributed by atoms with Crippen LogP contribution >= 0.6 is 0 Å². The van der Waals surface area contributed by atoms with Crippen molar-refractivity contribution >= 4 is 22.8 Å². The first kappa shape index (κ1) is 27.9. The first-order valence-corrected chi connectivity index (χ1v) is 13.4. The Morgan fingerprint density at radius 3 is 2.65 bits per heavy atom. The Morgan fingerprint density at radius 2 is 1.95 bits per heavy atom. The molecule has 214 valence electrons. The lowest BCUT2D eigenvalue weighted by atomic mass is 9.89. The number of rotatable bonds is 10. The minimum absolute atomic E-state index is 0.0731. The molecule has 12 heteroatoms. The Labute approximate surface area is 229 Å². The summed E-state index contributed by atoms with van der Waals surface area (Å²) in [6.07, 6.45) is 0.290. The SMILES string of the molecule is COCC(=O)N[C@H]1CC[C@H](NC(=O)c2c(C)[nH]c3c(-c4cc(C(F)F)ccc4OCC4CC4)ncnc23)[C@H](F)C1. The number of halogens is 3. The third-order valence-electron chi connectivity index (χ3n) is 7.41. The van der Waals surface area contributed by atoms with Crippen molar-refractivity contribution in [1.29, 1.82) is 0 Å². The Kier molecular flexibility index (Phi) is 8.24. The molecule has 0 aliphatic heterocycles. The molecule has 3 N–H and O–H groups in total. The van der Waals surface area contributed by atoms with Crippen molar-refractivity contribution in [2.75, 3.05) is 20.3 Å². The van der Waals surface area contributed by atoms with E-state index >= 15 is 4.39 Å². The van der Waals surface area contributed by atoms with Gasteiger partial charge in [-0.2, -0.15) is 0 Å². The molecule has 9 nitrogen and oxygen atoms in total. The van der Waals surface area contributed by atoms with Crippen molar-refractivity contribution in [2.45, 2.75) is 63.7 Å². The molecule has 0 saturated heterocycles. The van der Waals surface area contributed by atoms with Crippen molar-refractivity contribution in [2.24, 2.45) is 5.92 Å². The number of ether oxygens (including phenoxy) is 2. The van der Waals surface area contributed by atoms with E-state index in [-0.39, 0.29) is 36.1 Å². The summed E-state index contributed by atoms with van der Waals surface area (Å²) in [6.45, 7) is 2.07. The van der Waals surface area contributed by atoms with E-state index in [0.717, 1.165) is 12.8 Å². The Hall–Kier alpha value is -3.67. The van der Waals surface area contributed by atoms with Crippen LogP contribution in [0.4, 0.5) is 13.2 Å². The number of aromatic amines is 1. The second-order valence-electron chi connectivity index (χ2n) is 10.5. The van der Waals surface area contributed by atoms with Gasteiger partial charge in [0.25, 0.3) is 12.3 Å². The standard InChI is InChI=1S/C28H32F3N5O4/c1-14-23(28(38)36-20-7-6-17(10-19(20)29)35-22(37)12-39-2)25-26(34-14)24(32-13-33-25)18-9-16(27(30)31)5-8-21(18)40-11-15-3-4-15/h5,8-9,13,15,17,19-20,27,34H,3-4,6-7,10-12H2,1-2H3,(H,35,37)(H,36,38)/t17-,19+,20-/m0/s1. The van der Waals surface area contributed by atoms with E-state index in [9.17, 15) is 18.4 Å². The number of benzene rings is 1. The Balaban J connectivity index is 1.39. The molecule has 0 spiro atoms. The van der Waals surface area contributed by atoms with Crippen LogP contribution in [0, 0.1) is 12.8 Å². The summed E-state index contributed by atoms with van der Waals surface area (Å²) in [5.41, 5.74) is 1.93. The molecule has 2 saturated carbocycles. The molecule has 0 bridgehead atoms. The average molecular weight is 560 g/mol. The van der Waals surface area contributed by atoms with Crippen molar-refractivity contribution in [1.82, 2.24) is 25.6 Å². The zero-order valence-electron chi connectivity index (χ0n) is 22.3. The first-order valence-electron chi connectivity index (χ1n) is 13.4. The summed E-state index contributed by atoms with van der Waals surface area (Å²) in [4.78, 5) is 37.0. The van der Waals surface area contributed by atoms with Gasteiger partial charge >= 0.3 is 0 Å². The van der Waals surface area contributed by atoms with Gasteiger partial charge in [0.2, 0.25) is 5.91 Å². The van der Waals surface area contributed by atoms with Crippen LogP contribution in [0.15, 0.2) is 24.5 Å². The zero-order chi connectivity index (χ0) is 28.4. The molecule has 2 aliphatic rings. The van der Waals surface area contributed by atoms with E-state index in [0.29, 0.717) is 59.1 Å². The van der Waals surface area contributed by atoms with Crippen LogP contribution in [-0.4, -0.2) is 65.3 Å². The molecular formula is C28H32F3N5O4. The molecule has 2 aliphatic carbocycles. The van der Waals surface area contributed by atoms with Crippen LogP contribution in [0.1, 0.15) is 60.1 Å². The maximum Gasteiger partial charge on any atom is 0.263 e. The number of carbonyl (C=O) groups excluding carboxylic acids is 2. The van der Waals surface area contributed by atoms with Gasteiger partial charge in [-0.1, -0.05) is 0 Å². The van der Waals surface area contributed by atoms with Gasteiger partial charge in [0.1, 0.15) is 36.1 Å². The lowest BCUT2D eigenvalue weighted by Gasteiger charge is -2.32. The molecule has 40 heavy (non-hydrogen) atoms. The smallest absolute Gasteiger partial charge is 0.263 e. The summed E-state index contributed by atoms with van der Waals surface area (Å²) in [7, 11) is 1.41. The normalized spacial score (nSPS) is 21.0. The number of nitrogens with zero attached hydrogens (tertiary/aromatic N) is 2. The third-order valence-corrected chi connectivity index (χ3v) is 7.41. The van der Waals surface area contributed by atoms with Crippen molar-refractivity contribution in [3.05, 3.63) is 41.3 Å². The minimum atomic E-state index is -2.68. The largest absolute Gasteiger partial charge is 0.493 e. The summed E-state index contributed by atoms with van der Waals surface area (Å²) in [5.74, 6) is 0.0537. The zero-order valence-corrected chi connectivity index (χ0v) is 22.3. The third kappa shape index (κ3) is 6.06. The number of H-pyrrole nitrogens is 1. The highest BCUT2D eigenvalue weighted by atomic mass is 19.3. The fourth-order valence-corrected chi connectivity index (χ4v) is 5.14. The maximum atomic E-state index is 15.0. The predicted molar refractivity (Wildman–Crippen MR) is 141 cm³/mol. The molecule has 2 aromatic heterocycles. The van der Waals surface area contributed by atoms with Crippen LogP contribution in [0.2, 0.25) is 0 Å². The van der Waals surface area contributed by atoms with Crippen LogP contribution < -0.4 is 15.4 Å². The van der Waals surface area contributed by atoms with E-state index < -0.39 is 24.5 Å². The van der Waals surface area contributed by atoms with Gasteiger partial charge in [-0.05, 0) is 56.7 Å². The van der Waals surface area contributed by atoms with Gasteiger partial charge in [0.05, 0.1) is 23.7 Å². The molecule has 3 atom stereocenters. The predicted octanol–water partition coefficient (Wildman–Crippen LogP) is 4.41. The van der Waals surface area contributed by atoms with Crippen LogP contribution in [-0.2, 0) is 9.53 Å². The van der Waals surface area contributed by atoms with Crippen molar-refractivity contribution in [3.8, 4) is 17.0 Å². The lowest BCUT2D eigenvalue weighted by Crippen LogP contribution is -2.50. The Bertz CT molecular complexity index is 1390. The second-order valence-corrected chi connectivity index (χ2v) is 10.5. The fourth-order valence-electron chi connectivity index (χ4n) is 5.14. The van der Waals surface area contributed by atoms with Gasteiger partial charge in [-0.15, -0.1) is 0 Å². The van der Waals surface area contributed by atoms with E-state index in [4.69, 9.17) is 9.47 Å². The number of hydrogen-bond donors (Lipinski definition) is 3. The molecule has 5 rings (SSSR count). The molecular weight excluding hydrogens is 527 g/mol. The second kappa shape index (κ2) is 11.8. The van der Waals surface area contributed by atoms with Gasteiger partial charge in [0, 0.05) is 36.4 Å². The summed E-state index contributed by atoms with van der Waals surface area (Å²) in [6, 6.07) is 3.13. The topological polar surface area (TPSA) is 118 Å². The molecule has 0 radical (unpaired) electrons. The highest BCUT2D eigenvalue weighted by Crippen LogP contribution is 2.38. The molecule has 2 fully saturated rings. The van der Waals surface area contributed by atoms with Gasteiger partial charge in [-0.25, -0.2) is 23.1 Å². The van der Waals surface area contributed by atoms with Crippen molar-refractivity contribution < 1.29 is 32.2 Å². The number of alkyl halides is 3.